The Labute approximate surface area is 193 Å². The zero-order valence-electron chi connectivity index (χ0n) is 17.6. The van der Waals surface area contributed by atoms with Gasteiger partial charge in [0.1, 0.15) is 10.8 Å². The Hall–Kier alpha value is -3.85. The molecule has 0 aliphatic heterocycles. The molecule has 33 heavy (non-hydrogen) atoms. The number of thioether (sulfide) groups is 1. The van der Waals surface area contributed by atoms with Crippen LogP contribution >= 0.6 is 11.8 Å². The molecule has 0 spiro atoms. The minimum atomic E-state index is -0.441. The van der Waals surface area contributed by atoms with Crippen molar-refractivity contribution >= 4 is 40.1 Å². The molecule has 0 aliphatic carbocycles. The van der Waals surface area contributed by atoms with Crippen molar-refractivity contribution in [2.75, 3.05) is 11.1 Å². The molecule has 0 atom stereocenters. The van der Waals surface area contributed by atoms with Gasteiger partial charge in [0.2, 0.25) is 5.91 Å². The van der Waals surface area contributed by atoms with Crippen LogP contribution in [0.2, 0.25) is 0 Å². The lowest BCUT2D eigenvalue weighted by Crippen LogP contribution is -2.14. The average Bonchev–Trinajstić information content (AvgIpc) is 2.80. The fraction of sp³-hybridized carbons (Fsp3) is 0.125. The number of amides is 1. The molecule has 1 aromatic heterocycles. The number of aromatic nitrogens is 2. The second-order valence-corrected chi connectivity index (χ2v) is 8.33. The number of nitro groups is 1. The van der Waals surface area contributed by atoms with Gasteiger partial charge in [-0.25, -0.2) is 14.4 Å². The number of anilines is 1. The van der Waals surface area contributed by atoms with Crippen LogP contribution in [0.4, 0.5) is 15.8 Å². The third-order valence-electron chi connectivity index (χ3n) is 4.89. The highest BCUT2D eigenvalue weighted by molar-refractivity contribution is 8.00. The predicted molar refractivity (Wildman–Crippen MR) is 126 cm³/mol. The molecule has 7 nitrogen and oxygen atoms in total. The number of hydrogen-bond acceptors (Lipinski definition) is 6. The molecular formula is C24H19FN4O3S. The number of non-ortho nitro benzene ring substituents is 1. The SMILES string of the molecule is Cc1ccc(NC(=O)CSc2nc3ccccc3nc2Cc2cccc([N+](=O)[O-])c2)cc1F. The normalized spacial score (nSPS) is 10.8. The van der Waals surface area contributed by atoms with Crippen LogP contribution in [-0.4, -0.2) is 26.6 Å². The molecule has 0 saturated carbocycles. The van der Waals surface area contributed by atoms with E-state index in [0.29, 0.717) is 39.4 Å². The lowest BCUT2D eigenvalue weighted by atomic mass is 10.1. The number of carbonyl (C=O) groups excluding carboxylic acids is 1. The van der Waals surface area contributed by atoms with Crippen LogP contribution in [0, 0.1) is 22.9 Å². The maximum atomic E-state index is 13.8. The van der Waals surface area contributed by atoms with E-state index in [2.05, 4.69) is 10.3 Å². The lowest BCUT2D eigenvalue weighted by Gasteiger charge is -2.10. The molecule has 0 fully saturated rings. The smallest absolute Gasteiger partial charge is 0.269 e. The maximum absolute atomic E-state index is 13.8. The summed E-state index contributed by atoms with van der Waals surface area (Å²) in [5.41, 5.74) is 3.60. The summed E-state index contributed by atoms with van der Waals surface area (Å²) in [6, 6.07) is 18.3. The molecular weight excluding hydrogens is 443 g/mol. The van der Waals surface area contributed by atoms with Gasteiger partial charge < -0.3 is 5.32 Å². The number of rotatable bonds is 7. The minimum absolute atomic E-state index is 0.000147. The topological polar surface area (TPSA) is 98.0 Å². The van der Waals surface area contributed by atoms with E-state index in [1.54, 1.807) is 31.2 Å². The molecule has 4 aromatic rings. The predicted octanol–water partition coefficient (Wildman–Crippen LogP) is 5.31. The summed E-state index contributed by atoms with van der Waals surface area (Å²) in [6.45, 7) is 1.65. The van der Waals surface area contributed by atoms with Gasteiger partial charge in [0.05, 0.1) is 27.4 Å². The van der Waals surface area contributed by atoms with E-state index in [9.17, 15) is 19.3 Å². The Morgan fingerprint density at radius 3 is 2.55 bits per heavy atom. The van der Waals surface area contributed by atoms with Crippen molar-refractivity contribution in [3.05, 3.63) is 99.5 Å². The molecule has 1 amide bonds. The molecule has 3 aromatic carbocycles. The summed E-state index contributed by atoms with van der Waals surface area (Å²) in [7, 11) is 0. The van der Waals surface area contributed by atoms with Crippen LogP contribution in [0.3, 0.4) is 0 Å². The van der Waals surface area contributed by atoms with Crippen molar-refractivity contribution in [3.8, 4) is 0 Å². The third kappa shape index (κ3) is 5.50. The van der Waals surface area contributed by atoms with Crippen molar-refractivity contribution in [1.29, 1.82) is 0 Å². The Morgan fingerprint density at radius 2 is 1.82 bits per heavy atom. The molecule has 0 bridgehead atoms. The maximum Gasteiger partial charge on any atom is 0.269 e. The first kappa shape index (κ1) is 22.3. The van der Waals surface area contributed by atoms with Gasteiger partial charge in [0.25, 0.3) is 5.69 Å². The van der Waals surface area contributed by atoms with E-state index >= 15 is 0 Å². The summed E-state index contributed by atoms with van der Waals surface area (Å²) in [5, 5.41) is 14.4. The number of para-hydroxylation sites is 2. The van der Waals surface area contributed by atoms with Gasteiger partial charge in [-0.2, -0.15) is 0 Å². The van der Waals surface area contributed by atoms with Gasteiger partial charge in [-0.1, -0.05) is 42.1 Å². The van der Waals surface area contributed by atoms with Crippen LogP contribution in [-0.2, 0) is 11.2 Å². The number of benzene rings is 3. The van der Waals surface area contributed by atoms with E-state index in [0.717, 1.165) is 5.56 Å². The van der Waals surface area contributed by atoms with E-state index < -0.39 is 4.92 Å². The van der Waals surface area contributed by atoms with Gasteiger partial charge in [0, 0.05) is 24.2 Å². The standard InChI is InChI=1S/C24H19FN4O3S/c1-15-9-10-17(13-19(15)25)26-23(30)14-33-24-22(27-20-7-2-3-8-21(20)28-24)12-16-5-4-6-18(11-16)29(31)32/h2-11,13H,12,14H2,1H3,(H,26,30). The zero-order valence-corrected chi connectivity index (χ0v) is 18.4. The molecule has 4 rings (SSSR count). The van der Waals surface area contributed by atoms with Gasteiger partial charge in [-0.05, 0) is 42.3 Å². The van der Waals surface area contributed by atoms with Crippen LogP contribution in [0.5, 0.6) is 0 Å². The fourth-order valence-electron chi connectivity index (χ4n) is 3.23. The van der Waals surface area contributed by atoms with Crippen molar-refractivity contribution in [1.82, 2.24) is 9.97 Å². The van der Waals surface area contributed by atoms with Crippen LogP contribution in [0.1, 0.15) is 16.8 Å². The Kier molecular flexibility index (Phi) is 6.60. The van der Waals surface area contributed by atoms with Crippen LogP contribution in [0.15, 0.2) is 71.8 Å². The first-order valence-electron chi connectivity index (χ1n) is 10.1. The van der Waals surface area contributed by atoms with Crippen LogP contribution < -0.4 is 5.32 Å². The van der Waals surface area contributed by atoms with Crippen molar-refractivity contribution in [2.24, 2.45) is 0 Å². The summed E-state index contributed by atoms with van der Waals surface area (Å²) < 4.78 is 13.8. The van der Waals surface area contributed by atoms with Gasteiger partial charge in [-0.15, -0.1) is 0 Å². The molecule has 0 radical (unpaired) electrons. The van der Waals surface area contributed by atoms with Crippen LogP contribution in [0.25, 0.3) is 11.0 Å². The Balaban J connectivity index is 1.56. The summed E-state index contributed by atoms with van der Waals surface area (Å²) in [4.78, 5) is 32.5. The van der Waals surface area contributed by atoms with E-state index in [4.69, 9.17) is 4.98 Å². The first-order valence-corrected chi connectivity index (χ1v) is 11.1. The molecule has 0 saturated heterocycles. The average molecular weight is 463 g/mol. The van der Waals surface area contributed by atoms with Crippen molar-refractivity contribution in [3.63, 3.8) is 0 Å². The highest BCUT2D eigenvalue weighted by Crippen LogP contribution is 2.26. The van der Waals surface area contributed by atoms with E-state index in [1.807, 2.05) is 24.3 Å². The number of aryl methyl sites for hydroxylation is 1. The third-order valence-corrected chi connectivity index (χ3v) is 5.90. The molecule has 166 valence electrons. The van der Waals surface area contributed by atoms with Crippen molar-refractivity contribution < 1.29 is 14.1 Å². The minimum Gasteiger partial charge on any atom is -0.325 e. The highest BCUT2D eigenvalue weighted by atomic mass is 32.2. The molecule has 9 heteroatoms. The molecule has 1 heterocycles. The Bertz CT molecular complexity index is 1360. The second kappa shape index (κ2) is 9.74. The quantitative estimate of drug-likeness (QED) is 0.227. The zero-order chi connectivity index (χ0) is 23.4. The number of nitrogens with zero attached hydrogens (tertiary/aromatic N) is 3. The first-order chi connectivity index (χ1) is 15.9. The lowest BCUT2D eigenvalue weighted by molar-refractivity contribution is -0.384. The molecule has 0 unspecified atom stereocenters. The molecule has 0 aliphatic rings. The van der Waals surface area contributed by atoms with Crippen molar-refractivity contribution in [2.45, 2.75) is 18.4 Å². The number of fused-ring (bicyclic) bond motifs is 1. The number of nitrogens with one attached hydrogen (secondary N) is 1. The highest BCUT2D eigenvalue weighted by Gasteiger charge is 2.15. The number of carbonyl (C=O) groups is 1. The Morgan fingerprint density at radius 1 is 1.06 bits per heavy atom. The number of nitro benzene ring substituents is 1. The largest absolute Gasteiger partial charge is 0.325 e. The second-order valence-electron chi connectivity index (χ2n) is 7.37. The summed E-state index contributed by atoms with van der Waals surface area (Å²) in [6.07, 6.45) is 0.326. The van der Waals surface area contributed by atoms with E-state index in [1.165, 1.54) is 30.0 Å². The number of hydrogen-bond donors (Lipinski definition) is 1. The summed E-state index contributed by atoms with van der Waals surface area (Å²) in [5.74, 6) is -0.649. The van der Waals surface area contributed by atoms with Gasteiger partial charge in [-0.3, -0.25) is 14.9 Å². The van der Waals surface area contributed by atoms with E-state index in [-0.39, 0.29) is 23.2 Å². The van der Waals surface area contributed by atoms with Gasteiger partial charge in [0.15, 0.2) is 0 Å². The fourth-order valence-corrected chi connectivity index (χ4v) is 4.01. The summed E-state index contributed by atoms with van der Waals surface area (Å²) >= 11 is 1.21. The molecule has 1 N–H and O–H groups in total. The monoisotopic (exact) mass is 462 g/mol. The number of halogens is 1. The van der Waals surface area contributed by atoms with Gasteiger partial charge >= 0.3 is 0 Å².